The van der Waals surface area contributed by atoms with Gasteiger partial charge in [0.05, 0.1) is 17.9 Å². The topological polar surface area (TPSA) is 30.5 Å². The fraction of sp³-hybridized carbons (Fsp3) is 0.625. The predicted octanol–water partition coefficient (Wildman–Crippen LogP) is 4.50. The van der Waals surface area contributed by atoms with Gasteiger partial charge in [0.25, 0.3) is 0 Å². The van der Waals surface area contributed by atoms with Crippen molar-refractivity contribution in [3.63, 3.8) is 0 Å². The van der Waals surface area contributed by atoms with Gasteiger partial charge in [-0.1, -0.05) is 18.5 Å². The lowest BCUT2D eigenvalue weighted by atomic mass is 9.94. The molecule has 1 aromatic carbocycles. The standard InChI is InChI=1S/C16H24ClNO2/c1-4-8-19-15-6-5-12(17)10-14(15)18-13-7-9-20-16(2,3)11-13/h5-6,10,13,18H,4,7-9,11H2,1-3H3. The molecule has 1 aliphatic rings. The Morgan fingerprint density at radius 3 is 2.95 bits per heavy atom. The molecule has 4 heteroatoms. The molecule has 1 fully saturated rings. The van der Waals surface area contributed by atoms with Crippen molar-refractivity contribution in [2.24, 2.45) is 0 Å². The molecular weight excluding hydrogens is 274 g/mol. The number of benzene rings is 1. The van der Waals surface area contributed by atoms with Gasteiger partial charge in [-0.2, -0.15) is 0 Å². The molecule has 1 atom stereocenters. The Morgan fingerprint density at radius 2 is 2.25 bits per heavy atom. The average Bonchev–Trinajstić information content (AvgIpc) is 2.37. The van der Waals surface area contributed by atoms with Crippen LogP contribution in [0.4, 0.5) is 5.69 Å². The summed E-state index contributed by atoms with van der Waals surface area (Å²) in [4.78, 5) is 0. The molecule has 1 saturated heterocycles. The second-order valence-electron chi connectivity index (χ2n) is 5.93. The number of hydrogen-bond donors (Lipinski definition) is 1. The molecule has 0 amide bonds. The van der Waals surface area contributed by atoms with Crippen LogP contribution in [0.1, 0.15) is 40.0 Å². The lowest BCUT2D eigenvalue weighted by Gasteiger charge is -2.36. The molecular formula is C16H24ClNO2. The van der Waals surface area contributed by atoms with E-state index in [-0.39, 0.29) is 5.60 Å². The number of halogens is 1. The van der Waals surface area contributed by atoms with Crippen molar-refractivity contribution in [3.05, 3.63) is 23.2 Å². The van der Waals surface area contributed by atoms with Gasteiger partial charge in [-0.25, -0.2) is 0 Å². The molecule has 112 valence electrons. The van der Waals surface area contributed by atoms with E-state index in [1.807, 2.05) is 18.2 Å². The molecule has 0 saturated carbocycles. The van der Waals surface area contributed by atoms with Crippen LogP contribution in [0.25, 0.3) is 0 Å². The first-order chi connectivity index (χ1) is 9.50. The molecule has 0 radical (unpaired) electrons. The van der Waals surface area contributed by atoms with E-state index in [1.165, 1.54) is 0 Å². The third-order valence-electron chi connectivity index (χ3n) is 3.46. The minimum atomic E-state index is -0.0705. The zero-order chi connectivity index (χ0) is 14.6. The van der Waals surface area contributed by atoms with Crippen LogP contribution in [0.3, 0.4) is 0 Å². The SMILES string of the molecule is CCCOc1ccc(Cl)cc1NC1CCOC(C)(C)C1. The predicted molar refractivity (Wildman–Crippen MR) is 83.9 cm³/mol. The van der Waals surface area contributed by atoms with E-state index in [1.54, 1.807) is 0 Å². The lowest BCUT2D eigenvalue weighted by molar-refractivity contribution is -0.0553. The highest BCUT2D eigenvalue weighted by Gasteiger charge is 2.29. The van der Waals surface area contributed by atoms with E-state index in [9.17, 15) is 0 Å². The quantitative estimate of drug-likeness (QED) is 0.868. The summed E-state index contributed by atoms with van der Waals surface area (Å²) in [7, 11) is 0. The molecule has 2 rings (SSSR count). The summed E-state index contributed by atoms with van der Waals surface area (Å²) in [5.74, 6) is 0.876. The van der Waals surface area contributed by atoms with E-state index in [2.05, 4.69) is 26.1 Å². The van der Waals surface area contributed by atoms with E-state index in [4.69, 9.17) is 21.1 Å². The highest BCUT2D eigenvalue weighted by atomic mass is 35.5. The number of ether oxygens (including phenoxy) is 2. The second-order valence-corrected chi connectivity index (χ2v) is 6.37. The van der Waals surface area contributed by atoms with Gasteiger partial charge >= 0.3 is 0 Å². The number of nitrogens with one attached hydrogen (secondary N) is 1. The van der Waals surface area contributed by atoms with Crippen molar-refractivity contribution in [2.45, 2.75) is 51.7 Å². The summed E-state index contributed by atoms with van der Waals surface area (Å²) in [6.45, 7) is 7.87. The first kappa shape index (κ1) is 15.5. The average molecular weight is 298 g/mol. The number of anilines is 1. The van der Waals surface area contributed by atoms with Crippen LogP contribution in [-0.4, -0.2) is 24.9 Å². The third kappa shape index (κ3) is 4.29. The fourth-order valence-electron chi connectivity index (χ4n) is 2.53. The Kier molecular flexibility index (Phi) is 5.17. The van der Waals surface area contributed by atoms with Gasteiger partial charge in [-0.15, -0.1) is 0 Å². The van der Waals surface area contributed by atoms with Crippen molar-refractivity contribution in [1.82, 2.24) is 0 Å². The van der Waals surface area contributed by atoms with Gasteiger partial charge in [0.1, 0.15) is 5.75 Å². The van der Waals surface area contributed by atoms with Crippen molar-refractivity contribution in [3.8, 4) is 5.75 Å². The summed E-state index contributed by atoms with van der Waals surface area (Å²) < 4.78 is 11.5. The highest BCUT2D eigenvalue weighted by molar-refractivity contribution is 6.30. The van der Waals surface area contributed by atoms with Crippen LogP contribution in [-0.2, 0) is 4.74 Å². The molecule has 1 aromatic rings. The number of rotatable bonds is 5. The molecule has 0 spiro atoms. The largest absolute Gasteiger partial charge is 0.491 e. The minimum Gasteiger partial charge on any atom is -0.491 e. The van der Waals surface area contributed by atoms with E-state index >= 15 is 0 Å². The van der Waals surface area contributed by atoms with E-state index in [0.717, 1.165) is 48.9 Å². The van der Waals surface area contributed by atoms with Crippen molar-refractivity contribution in [2.75, 3.05) is 18.5 Å². The van der Waals surface area contributed by atoms with Crippen LogP contribution in [0, 0.1) is 0 Å². The maximum atomic E-state index is 6.10. The van der Waals surface area contributed by atoms with Crippen LogP contribution < -0.4 is 10.1 Å². The van der Waals surface area contributed by atoms with Crippen LogP contribution >= 0.6 is 11.6 Å². The lowest BCUT2D eigenvalue weighted by Crippen LogP contribution is -2.40. The van der Waals surface area contributed by atoms with Crippen molar-refractivity contribution < 1.29 is 9.47 Å². The maximum absolute atomic E-state index is 6.10. The van der Waals surface area contributed by atoms with Gasteiger partial charge in [0.15, 0.2) is 0 Å². The molecule has 1 N–H and O–H groups in total. The summed E-state index contributed by atoms with van der Waals surface area (Å²) in [6, 6.07) is 6.13. The summed E-state index contributed by atoms with van der Waals surface area (Å²) >= 11 is 6.10. The van der Waals surface area contributed by atoms with E-state index < -0.39 is 0 Å². The normalized spacial score (nSPS) is 21.5. The highest BCUT2D eigenvalue weighted by Crippen LogP contribution is 2.32. The summed E-state index contributed by atoms with van der Waals surface area (Å²) in [5, 5.41) is 4.29. The Bertz CT molecular complexity index is 448. The molecule has 1 heterocycles. The molecule has 1 unspecified atom stereocenters. The van der Waals surface area contributed by atoms with Gasteiger partial charge < -0.3 is 14.8 Å². The van der Waals surface area contributed by atoms with Gasteiger partial charge in [0.2, 0.25) is 0 Å². The first-order valence-corrected chi connectivity index (χ1v) is 7.71. The van der Waals surface area contributed by atoms with Crippen LogP contribution in [0.15, 0.2) is 18.2 Å². The Morgan fingerprint density at radius 1 is 1.45 bits per heavy atom. The molecule has 0 aromatic heterocycles. The van der Waals surface area contributed by atoms with Crippen LogP contribution in [0.2, 0.25) is 5.02 Å². The Hall–Kier alpha value is -0.930. The van der Waals surface area contributed by atoms with Gasteiger partial charge in [0, 0.05) is 17.7 Å². The maximum Gasteiger partial charge on any atom is 0.142 e. The van der Waals surface area contributed by atoms with Gasteiger partial charge in [-0.05, 0) is 51.3 Å². The van der Waals surface area contributed by atoms with E-state index in [0.29, 0.717) is 6.04 Å². The summed E-state index contributed by atoms with van der Waals surface area (Å²) in [6.07, 6.45) is 2.97. The fourth-order valence-corrected chi connectivity index (χ4v) is 2.70. The second kappa shape index (κ2) is 6.68. The van der Waals surface area contributed by atoms with Crippen LogP contribution in [0.5, 0.6) is 5.75 Å². The zero-order valence-corrected chi connectivity index (χ0v) is 13.3. The summed E-state index contributed by atoms with van der Waals surface area (Å²) in [5.41, 5.74) is 0.910. The molecule has 3 nitrogen and oxygen atoms in total. The smallest absolute Gasteiger partial charge is 0.142 e. The number of hydrogen-bond acceptors (Lipinski definition) is 3. The first-order valence-electron chi connectivity index (χ1n) is 7.33. The molecule has 0 bridgehead atoms. The van der Waals surface area contributed by atoms with Crippen molar-refractivity contribution in [1.29, 1.82) is 0 Å². The third-order valence-corrected chi connectivity index (χ3v) is 3.70. The minimum absolute atomic E-state index is 0.0705. The molecule has 1 aliphatic heterocycles. The Balaban J connectivity index is 2.09. The van der Waals surface area contributed by atoms with Gasteiger partial charge in [-0.3, -0.25) is 0 Å². The van der Waals surface area contributed by atoms with Crippen molar-refractivity contribution >= 4 is 17.3 Å². The molecule has 20 heavy (non-hydrogen) atoms. The zero-order valence-electron chi connectivity index (χ0n) is 12.5. The molecule has 0 aliphatic carbocycles. The monoisotopic (exact) mass is 297 g/mol. The Labute approximate surface area is 126 Å².